The lowest BCUT2D eigenvalue weighted by Gasteiger charge is -2.19. The number of rotatable bonds is 2. The molecule has 1 aromatic carbocycles. The minimum absolute atomic E-state index is 0.0188. The van der Waals surface area contributed by atoms with Crippen LogP contribution in [0.4, 0.5) is 10.1 Å². The van der Waals surface area contributed by atoms with Crippen molar-refractivity contribution in [3.63, 3.8) is 0 Å². The van der Waals surface area contributed by atoms with Gasteiger partial charge in [0.1, 0.15) is 5.82 Å². The first-order valence-corrected chi connectivity index (χ1v) is 6.29. The van der Waals surface area contributed by atoms with E-state index < -0.39 is 0 Å². The van der Waals surface area contributed by atoms with Crippen molar-refractivity contribution in [2.45, 2.75) is 13.3 Å². The van der Waals surface area contributed by atoms with Crippen LogP contribution in [0.5, 0.6) is 0 Å². The first-order chi connectivity index (χ1) is 8.04. The van der Waals surface area contributed by atoms with E-state index >= 15 is 0 Å². The normalized spacial score (nSPS) is 20.1. The molecule has 0 spiro atoms. The number of nitrogens with two attached hydrogens (primary N) is 1. The zero-order valence-corrected chi connectivity index (χ0v) is 11.1. The average molecular weight is 301 g/mol. The second-order valence-electron chi connectivity index (χ2n) is 4.32. The van der Waals surface area contributed by atoms with Crippen LogP contribution < -0.4 is 10.6 Å². The Bertz CT molecular complexity index is 464. The fourth-order valence-electron chi connectivity index (χ4n) is 2.11. The Morgan fingerprint density at radius 2 is 2.29 bits per heavy atom. The molecule has 17 heavy (non-hydrogen) atoms. The Morgan fingerprint density at radius 1 is 1.59 bits per heavy atom. The third-order valence-corrected chi connectivity index (χ3v) is 3.75. The van der Waals surface area contributed by atoms with Gasteiger partial charge in [-0.15, -0.1) is 0 Å². The Labute approximate surface area is 108 Å². The van der Waals surface area contributed by atoms with Crippen molar-refractivity contribution >= 4 is 27.5 Å². The standard InChI is InChI=1S/C12H14BrFN2O/c1-7-10(3-2-9(13)12(7)14)16-6-8(5-15)4-11(16)17/h2-3,8H,4-6,15H2,1H3. The highest BCUT2D eigenvalue weighted by atomic mass is 79.9. The summed E-state index contributed by atoms with van der Waals surface area (Å²) in [5, 5.41) is 0. The molecule has 92 valence electrons. The van der Waals surface area contributed by atoms with E-state index in [-0.39, 0.29) is 17.6 Å². The summed E-state index contributed by atoms with van der Waals surface area (Å²) in [6.07, 6.45) is 0.452. The molecule has 1 aliphatic rings. The maximum Gasteiger partial charge on any atom is 0.227 e. The van der Waals surface area contributed by atoms with Gasteiger partial charge in [-0.05, 0) is 47.4 Å². The van der Waals surface area contributed by atoms with E-state index in [0.29, 0.717) is 35.2 Å². The van der Waals surface area contributed by atoms with Crippen molar-refractivity contribution in [1.29, 1.82) is 0 Å². The molecular weight excluding hydrogens is 287 g/mol. The first kappa shape index (κ1) is 12.5. The number of benzene rings is 1. The molecule has 5 heteroatoms. The lowest BCUT2D eigenvalue weighted by atomic mass is 10.1. The van der Waals surface area contributed by atoms with Crippen molar-refractivity contribution in [3.8, 4) is 0 Å². The molecule has 1 saturated heterocycles. The minimum Gasteiger partial charge on any atom is -0.330 e. The fourth-order valence-corrected chi connectivity index (χ4v) is 2.54. The van der Waals surface area contributed by atoms with Gasteiger partial charge in [0, 0.05) is 24.2 Å². The second-order valence-corrected chi connectivity index (χ2v) is 5.17. The van der Waals surface area contributed by atoms with Gasteiger partial charge in [0.25, 0.3) is 0 Å². The third kappa shape index (κ3) is 2.21. The van der Waals surface area contributed by atoms with E-state index in [4.69, 9.17) is 5.73 Å². The zero-order valence-electron chi connectivity index (χ0n) is 9.54. The van der Waals surface area contributed by atoms with Crippen LogP contribution in [0, 0.1) is 18.7 Å². The summed E-state index contributed by atoms with van der Waals surface area (Å²) >= 11 is 3.13. The Kier molecular flexibility index (Phi) is 3.49. The molecule has 1 unspecified atom stereocenters. The van der Waals surface area contributed by atoms with Crippen LogP contribution in [0.2, 0.25) is 0 Å². The predicted octanol–water partition coefficient (Wildman–Crippen LogP) is 2.21. The van der Waals surface area contributed by atoms with Gasteiger partial charge >= 0.3 is 0 Å². The van der Waals surface area contributed by atoms with Crippen LogP contribution in [0.15, 0.2) is 16.6 Å². The summed E-state index contributed by atoms with van der Waals surface area (Å²) in [7, 11) is 0. The molecule has 0 bridgehead atoms. The van der Waals surface area contributed by atoms with Crippen LogP contribution in [-0.2, 0) is 4.79 Å². The monoisotopic (exact) mass is 300 g/mol. The van der Waals surface area contributed by atoms with Gasteiger partial charge in [-0.25, -0.2) is 4.39 Å². The number of halogens is 2. The van der Waals surface area contributed by atoms with Crippen molar-refractivity contribution in [1.82, 2.24) is 0 Å². The summed E-state index contributed by atoms with van der Waals surface area (Å²) in [4.78, 5) is 13.5. The van der Waals surface area contributed by atoms with E-state index in [0.717, 1.165) is 0 Å². The lowest BCUT2D eigenvalue weighted by molar-refractivity contribution is -0.117. The summed E-state index contributed by atoms with van der Waals surface area (Å²) in [5.41, 5.74) is 6.70. The van der Waals surface area contributed by atoms with E-state index in [9.17, 15) is 9.18 Å². The molecule has 1 aromatic rings. The zero-order chi connectivity index (χ0) is 12.6. The number of carbonyl (C=O) groups excluding carboxylic acids is 1. The first-order valence-electron chi connectivity index (χ1n) is 5.49. The smallest absolute Gasteiger partial charge is 0.227 e. The van der Waals surface area contributed by atoms with Crippen LogP contribution in [0.3, 0.4) is 0 Å². The van der Waals surface area contributed by atoms with E-state index in [1.54, 1.807) is 24.0 Å². The van der Waals surface area contributed by atoms with Crippen molar-refractivity contribution in [2.24, 2.45) is 11.7 Å². The van der Waals surface area contributed by atoms with Crippen molar-refractivity contribution in [3.05, 3.63) is 28.0 Å². The summed E-state index contributed by atoms with van der Waals surface area (Å²) in [6.45, 7) is 2.75. The number of nitrogens with zero attached hydrogens (tertiary/aromatic N) is 1. The van der Waals surface area contributed by atoms with Gasteiger partial charge in [-0.1, -0.05) is 0 Å². The second kappa shape index (κ2) is 4.74. The predicted molar refractivity (Wildman–Crippen MR) is 68.4 cm³/mol. The Hall–Kier alpha value is -0.940. The van der Waals surface area contributed by atoms with E-state index in [1.807, 2.05) is 0 Å². The molecule has 1 amide bonds. The number of carbonyl (C=O) groups is 1. The van der Waals surface area contributed by atoms with Gasteiger partial charge in [0.05, 0.1) is 4.47 Å². The molecule has 1 atom stereocenters. The number of amides is 1. The molecule has 3 nitrogen and oxygen atoms in total. The number of anilines is 1. The van der Waals surface area contributed by atoms with Crippen LogP contribution in [-0.4, -0.2) is 19.0 Å². The molecule has 0 radical (unpaired) electrons. The van der Waals surface area contributed by atoms with Gasteiger partial charge in [0.15, 0.2) is 0 Å². The SMILES string of the molecule is Cc1c(N2CC(CN)CC2=O)ccc(Br)c1F. The molecule has 0 aliphatic carbocycles. The quantitative estimate of drug-likeness (QED) is 0.910. The summed E-state index contributed by atoms with van der Waals surface area (Å²) < 4.78 is 14.2. The molecule has 0 aromatic heterocycles. The molecule has 1 aliphatic heterocycles. The van der Waals surface area contributed by atoms with Gasteiger partial charge in [0.2, 0.25) is 5.91 Å². The van der Waals surface area contributed by atoms with Gasteiger partial charge in [-0.3, -0.25) is 4.79 Å². The number of hydrogen-bond donors (Lipinski definition) is 1. The van der Waals surface area contributed by atoms with E-state index in [1.165, 1.54) is 0 Å². The minimum atomic E-state index is -0.313. The van der Waals surface area contributed by atoms with Crippen LogP contribution in [0.1, 0.15) is 12.0 Å². The maximum absolute atomic E-state index is 13.7. The van der Waals surface area contributed by atoms with Crippen molar-refractivity contribution in [2.75, 3.05) is 18.0 Å². The molecular formula is C12H14BrFN2O. The highest BCUT2D eigenvalue weighted by molar-refractivity contribution is 9.10. The topological polar surface area (TPSA) is 46.3 Å². The van der Waals surface area contributed by atoms with Gasteiger partial charge < -0.3 is 10.6 Å². The molecule has 2 rings (SSSR count). The summed E-state index contributed by atoms with van der Waals surface area (Å²) in [5.74, 6) is -0.120. The van der Waals surface area contributed by atoms with Gasteiger partial charge in [-0.2, -0.15) is 0 Å². The molecule has 1 fully saturated rings. The van der Waals surface area contributed by atoms with Crippen molar-refractivity contribution < 1.29 is 9.18 Å². The van der Waals surface area contributed by atoms with Crippen LogP contribution in [0.25, 0.3) is 0 Å². The maximum atomic E-state index is 13.7. The fraction of sp³-hybridized carbons (Fsp3) is 0.417. The largest absolute Gasteiger partial charge is 0.330 e. The molecule has 0 saturated carbocycles. The highest BCUT2D eigenvalue weighted by Gasteiger charge is 2.31. The molecule has 2 N–H and O–H groups in total. The third-order valence-electron chi connectivity index (χ3n) is 3.14. The Balaban J connectivity index is 2.35. The number of hydrogen-bond acceptors (Lipinski definition) is 2. The molecule has 1 heterocycles. The van der Waals surface area contributed by atoms with E-state index in [2.05, 4.69) is 15.9 Å². The summed E-state index contributed by atoms with van der Waals surface area (Å²) in [6, 6.07) is 3.39. The van der Waals surface area contributed by atoms with Crippen LogP contribution >= 0.6 is 15.9 Å². The lowest BCUT2D eigenvalue weighted by Crippen LogP contribution is -2.26. The average Bonchev–Trinajstić information content (AvgIpc) is 2.68. The Morgan fingerprint density at radius 3 is 2.88 bits per heavy atom. The highest BCUT2D eigenvalue weighted by Crippen LogP contribution is 2.31.